The molecule has 4 aromatic rings. The van der Waals surface area contributed by atoms with Crippen LogP contribution >= 0.6 is 22.7 Å². The van der Waals surface area contributed by atoms with E-state index in [1.165, 1.54) is 4.70 Å². The van der Waals surface area contributed by atoms with E-state index < -0.39 is 0 Å². The van der Waals surface area contributed by atoms with Crippen LogP contribution in [0.1, 0.15) is 0 Å². The number of benzene rings is 1. The molecule has 5 rings (SSSR count). The largest absolute Gasteiger partial charge is 0.378 e. The van der Waals surface area contributed by atoms with Crippen molar-refractivity contribution in [3.05, 3.63) is 36.0 Å². The molecule has 1 aliphatic rings. The van der Waals surface area contributed by atoms with Crippen LogP contribution in [0.5, 0.6) is 0 Å². The minimum Gasteiger partial charge on any atom is -0.378 e. The SMILES string of the molecule is c1nc(Nc2ccc3nc(N4CCOCC4)sc3c2)c2sccc2n1. The van der Waals surface area contributed by atoms with Crippen molar-refractivity contribution < 1.29 is 4.74 Å². The predicted octanol–water partition coefficient (Wildman–Crippen LogP) is 3.88. The Bertz CT molecular complexity index is 1040. The van der Waals surface area contributed by atoms with Crippen LogP contribution in [-0.2, 0) is 4.74 Å². The van der Waals surface area contributed by atoms with E-state index in [1.807, 2.05) is 17.5 Å². The minimum absolute atomic E-state index is 0.771. The molecule has 0 atom stereocenters. The lowest BCUT2D eigenvalue weighted by molar-refractivity contribution is 0.122. The van der Waals surface area contributed by atoms with Crippen molar-refractivity contribution >= 4 is 59.7 Å². The van der Waals surface area contributed by atoms with Crippen molar-refractivity contribution in [3.63, 3.8) is 0 Å². The zero-order chi connectivity index (χ0) is 16.6. The highest BCUT2D eigenvalue weighted by atomic mass is 32.1. The summed E-state index contributed by atoms with van der Waals surface area (Å²) in [6.07, 6.45) is 1.60. The van der Waals surface area contributed by atoms with E-state index in [0.29, 0.717) is 0 Å². The van der Waals surface area contributed by atoms with Crippen molar-refractivity contribution in [1.82, 2.24) is 15.0 Å². The van der Waals surface area contributed by atoms with Gasteiger partial charge in [-0.05, 0) is 29.6 Å². The summed E-state index contributed by atoms with van der Waals surface area (Å²) in [5.74, 6) is 0.845. The molecule has 1 aromatic carbocycles. The number of aromatic nitrogens is 3. The van der Waals surface area contributed by atoms with E-state index in [-0.39, 0.29) is 0 Å². The Balaban J connectivity index is 1.47. The molecule has 0 amide bonds. The molecule has 126 valence electrons. The lowest BCUT2D eigenvalue weighted by Gasteiger charge is -2.25. The molecule has 1 N–H and O–H groups in total. The Morgan fingerprint density at radius 2 is 2.00 bits per heavy atom. The maximum Gasteiger partial charge on any atom is 0.186 e. The van der Waals surface area contributed by atoms with E-state index in [2.05, 4.69) is 32.3 Å². The maximum atomic E-state index is 5.42. The fourth-order valence-corrected chi connectivity index (χ4v) is 4.74. The van der Waals surface area contributed by atoms with Gasteiger partial charge in [-0.15, -0.1) is 11.3 Å². The van der Waals surface area contributed by atoms with Gasteiger partial charge in [0.2, 0.25) is 0 Å². The second kappa shape index (κ2) is 6.21. The average molecular weight is 369 g/mol. The molecule has 1 saturated heterocycles. The Hall–Kier alpha value is -2.29. The summed E-state index contributed by atoms with van der Waals surface area (Å²) in [6.45, 7) is 3.35. The fourth-order valence-electron chi connectivity index (χ4n) is 2.89. The lowest BCUT2D eigenvalue weighted by Crippen LogP contribution is -2.36. The molecular weight excluding hydrogens is 354 g/mol. The highest BCUT2D eigenvalue weighted by Gasteiger charge is 2.15. The van der Waals surface area contributed by atoms with E-state index in [4.69, 9.17) is 9.72 Å². The number of thiazole rings is 1. The van der Waals surface area contributed by atoms with Gasteiger partial charge in [0.15, 0.2) is 10.9 Å². The van der Waals surface area contributed by atoms with Crippen LogP contribution in [0, 0.1) is 0 Å². The second-order valence-electron chi connectivity index (χ2n) is 5.76. The molecular formula is C17H15N5OS2. The summed E-state index contributed by atoms with van der Waals surface area (Å²) in [5, 5.41) is 6.52. The third-order valence-electron chi connectivity index (χ3n) is 4.16. The first kappa shape index (κ1) is 15.0. The van der Waals surface area contributed by atoms with Crippen LogP contribution in [0.3, 0.4) is 0 Å². The normalized spacial score (nSPS) is 15.1. The van der Waals surface area contributed by atoms with Gasteiger partial charge < -0.3 is 15.0 Å². The van der Waals surface area contributed by atoms with Crippen LogP contribution in [0.25, 0.3) is 20.4 Å². The number of thiophene rings is 1. The molecule has 0 aliphatic carbocycles. The Morgan fingerprint density at radius 3 is 2.92 bits per heavy atom. The number of hydrogen-bond donors (Lipinski definition) is 1. The summed E-state index contributed by atoms with van der Waals surface area (Å²) >= 11 is 3.37. The fraction of sp³-hybridized carbons (Fsp3) is 0.235. The standard InChI is InChI=1S/C17H15N5OS2/c1-2-12-14(25-17(21-12)22-4-6-23-7-5-22)9-11(1)20-16-15-13(3-8-24-15)18-10-19-16/h1-3,8-10H,4-7H2,(H,18,19,20). The van der Waals surface area contributed by atoms with Crippen LogP contribution in [0.15, 0.2) is 36.0 Å². The monoisotopic (exact) mass is 369 g/mol. The third kappa shape index (κ3) is 2.82. The van der Waals surface area contributed by atoms with Gasteiger partial charge in [0, 0.05) is 18.8 Å². The smallest absolute Gasteiger partial charge is 0.186 e. The molecule has 0 saturated carbocycles. The van der Waals surface area contributed by atoms with Gasteiger partial charge in [-0.3, -0.25) is 0 Å². The topological polar surface area (TPSA) is 63.2 Å². The summed E-state index contributed by atoms with van der Waals surface area (Å²) in [5.41, 5.74) is 3.01. The van der Waals surface area contributed by atoms with Gasteiger partial charge in [0.25, 0.3) is 0 Å². The summed E-state index contributed by atoms with van der Waals surface area (Å²) in [6, 6.07) is 8.25. The maximum absolute atomic E-state index is 5.42. The first-order valence-corrected chi connectivity index (χ1v) is 9.75. The zero-order valence-corrected chi connectivity index (χ0v) is 14.9. The number of hydrogen-bond acceptors (Lipinski definition) is 8. The van der Waals surface area contributed by atoms with Crippen LogP contribution < -0.4 is 10.2 Å². The number of ether oxygens (including phenoxy) is 1. The molecule has 6 nitrogen and oxygen atoms in total. The summed E-state index contributed by atoms with van der Waals surface area (Å²) in [7, 11) is 0. The average Bonchev–Trinajstić information content (AvgIpc) is 3.29. The van der Waals surface area contributed by atoms with Gasteiger partial charge >= 0.3 is 0 Å². The molecule has 3 aromatic heterocycles. The molecule has 25 heavy (non-hydrogen) atoms. The van der Waals surface area contributed by atoms with E-state index in [9.17, 15) is 0 Å². The molecule has 8 heteroatoms. The van der Waals surface area contributed by atoms with Crippen molar-refractivity contribution in [2.75, 3.05) is 36.5 Å². The van der Waals surface area contributed by atoms with E-state index in [0.717, 1.165) is 58.7 Å². The van der Waals surface area contributed by atoms with Crippen molar-refractivity contribution in [2.24, 2.45) is 0 Å². The first-order chi connectivity index (χ1) is 12.4. The van der Waals surface area contributed by atoms with Gasteiger partial charge in [-0.2, -0.15) is 0 Å². The van der Waals surface area contributed by atoms with Crippen molar-refractivity contribution in [1.29, 1.82) is 0 Å². The van der Waals surface area contributed by atoms with Crippen LogP contribution in [-0.4, -0.2) is 41.3 Å². The number of anilines is 3. The highest BCUT2D eigenvalue weighted by molar-refractivity contribution is 7.22. The number of fused-ring (bicyclic) bond motifs is 2. The number of morpholine rings is 1. The Morgan fingerprint density at radius 1 is 1.08 bits per heavy atom. The molecule has 0 unspecified atom stereocenters. The third-order valence-corrected chi connectivity index (χ3v) is 6.15. The molecule has 4 heterocycles. The lowest BCUT2D eigenvalue weighted by atomic mass is 10.3. The molecule has 0 radical (unpaired) electrons. The van der Waals surface area contributed by atoms with Gasteiger partial charge in [-0.25, -0.2) is 15.0 Å². The molecule has 1 fully saturated rings. The minimum atomic E-state index is 0.771. The molecule has 0 bridgehead atoms. The highest BCUT2D eigenvalue weighted by Crippen LogP contribution is 2.33. The molecule has 0 spiro atoms. The van der Waals surface area contributed by atoms with E-state index in [1.54, 1.807) is 29.0 Å². The van der Waals surface area contributed by atoms with Crippen molar-refractivity contribution in [2.45, 2.75) is 0 Å². The van der Waals surface area contributed by atoms with Gasteiger partial charge in [0.1, 0.15) is 6.33 Å². The van der Waals surface area contributed by atoms with E-state index >= 15 is 0 Å². The van der Waals surface area contributed by atoms with Crippen LogP contribution in [0.4, 0.5) is 16.6 Å². The number of nitrogens with zero attached hydrogens (tertiary/aromatic N) is 4. The first-order valence-electron chi connectivity index (χ1n) is 8.05. The van der Waals surface area contributed by atoms with Crippen LogP contribution in [0.2, 0.25) is 0 Å². The second-order valence-corrected chi connectivity index (χ2v) is 7.69. The Labute approximate surface area is 152 Å². The quantitative estimate of drug-likeness (QED) is 0.591. The number of nitrogens with one attached hydrogen (secondary N) is 1. The molecule has 1 aliphatic heterocycles. The van der Waals surface area contributed by atoms with Gasteiger partial charge in [0.05, 0.1) is 33.6 Å². The van der Waals surface area contributed by atoms with Gasteiger partial charge in [-0.1, -0.05) is 11.3 Å². The number of rotatable bonds is 3. The summed E-state index contributed by atoms with van der Waals surface area (Å²) < 4.78 is 7.66. The summed E-state index contributed by atoms with van der Waals surface area (Å²) in [4.78, 5) is 15.7. The Kier molecular flexibility index (Phi) is 3.73. The predicted molar refractivity (Wildman–Crippen MR) is 103 cm³/mol. The zero-order valence-electron chi connectivity index (χ0n) is 13.3. The van der Waals surface area contributed by atoms with Crippen molar-refractivity contribution in [3.8, 4) is 0 Å².